The summed E-state index contributed by atoms with van der Waals surface area (Å²) in [6.07, 6.45) is -3.03. The van der Waals surface area contributed by atoms with Crippen molar-refractivity contribution in [1.29, 1.82) is 0 Å². The molecule has 1 aromatic rings. The predicted octanol–water partition coefficient (Wildman–Crippen LogP) is 3.00. The highest BCUT2D eigenvalue weighted by molar-refractivity contribution is 5.98. The minimum Gasteiger partial charge on any atom is -0.349 e. The number of carbonyl (C=O) groups excluding carboxylic acids is 3. The Morgan fingerprint density at radius 1 is 1.11 bits per heavy atom. The maximum Gasteiger partial charge on any atom is 0.416 e. The highest BCUT2D eigenvalue weighted by atomic mass is 19.4. The van der Waals surface area contributed by atoms with Crippen molar-refractivity contribution in [2.24, 2.45) is 5.92 Å². The third-order valence-corrected chi connectivity index (χ3v) is 4.69. The number of hydrogen-bond acceptors (Lipinski definition) is 3. The molecule has 2 amide bonds. The van der Waals surface area contributed by atoms with Gasteiger partial charge in [-0.05, 0) is 25.0 Å². The van der Waals surface area contributed by atoms with E-state index in [2.05, 4.69) is 0 Å². The Morgan fingerprint density at radius 3 is 2.30 bits per heavy atom. The summed E-state index contributed by atoms with van der Waals surface area (Å²) in [5, 5.41) is 0. The fourth-order valence-corrected chi connectivity index (χ4v) is 3.07. The number of amides is 2. The number of Topliss-reactive ketones (excluding diaryl/α,β-unsaturated/α-hetero) is 1. The molecule has 0 N–H and O–H groups in total. The lowest BCUT2D eigenvalue weighted by Gasteiger charge is -2.32. The molecule has 1 saturated heterocycles. The molecular weight excluding hydrogens is 361 g/mol. The van der Waals surface area contributed by atoms with E-state index >= 15 is 0 Å². The van der Waals surface area contributed by atoms with Crippen LogP contribution in [0.15, 0.2) is 24.3 Å². The molecule has 1 heterocycles. The minimum absolute atomic E-state index is 0.0816. The van der Waals surface area contributed by atoms with Gasteiger partial charge in [0.1, 0.15) is 0 Å². The number of benzene rings is 1. The summed E-state index contributed by atoms with van der Waals surface area (Å²) >= 11 is 0. The van der Waals surface area contributed by atoms with Crippen molar-refractivity contribution >= 4 is 17.6 Å². The monoisotopic (exact) mass is 384 g/mol. The number of nitrogens with zero attached hydrogens (tertiary/aromatic N) is 2. The molecule has 8 heteroatoms. The molecule has 1 atom stereocenters. The normalized spacial score (nSPS) is 17.5. The van der Waals surface area contributed by atoms with Crippen LogP contribution in [0.25, 0.3) is 0 Å². The van der Waals surface area contributed by atoms with E-state index in [0.29, 0.717) is 19.4 Å². The van der Waals surface area contributed by atoms with Crippen molar-refractivity contribution in [2.45, 2.75) is 31.9 Å². The van der Waals surface area contributed by atoms with Gasteiger partial charge in [-0.2, -0.15) is 13.2 Å². The highest BCUT2D eigenvalue weighted by Gasteiger charge is 2.32. The van der Waals surface area contributed by atoms with Crippen molar-refractivity contribution in [3.05, 3.63) is 35.4 Å². The second-order valence-corrected chi connectivity index (χ2v) is 6.91. The molecule has 0 unspecified atom stereocenters. The zero-order chi connectivity index (χ0) is 20.2. The maximum atomic E-state index is 12.6. The summed E-state index contributed by atoms with van der Waals surface area (Å²) in [4.78, 5) is 39.5. The van der Waals surface area contributed by atoms with E-state index in [9.17, 15) is 27.6 Å². The van der Waals surface area contributed by atoms with Gasteiger partial charge in [-0.25, -0.2) is 0 Å². The van der Waals surface area contributed by atoms with Gasteiger partial charge < -0.3 is 9.80 Å². The molecule has 148 valence electrons. The quantitative estimate of drug-likeness (QED) is 0.734. The summed E-state index contributed by atoms with van der Waals surface area (Å²) < 4.78 is 37.9. The van der Waals surface area contributed by atoms with Crippen LogP contribution in [-0.4, -0.2) is 54.6 Å². The Bertz CT molecular complexity index is 699. The third-order valence-electron chi connectivity index (χ3n) is 4.69. The predicted molar refractivity (Wildman–Crippen MR) is 93.0 cm³/mol. The van der Waals surface area contributed by atoms with E-state index in [4.69, 9.17) is 0 Å². The number of piperidine rings is 1. The Hall–Kier alpha value is -2.38. The molecule has 1 fully saturated rings. The van der Waals surface area contributed by atoms with Crippen molar-refractivity contribution in [1.82, 2.24) is 9.80 Å². The Morgan fingerprint density at radius 2 is 1.74 bits per heavy atom. The van der Waals surface area contributed by atoms with E-state index in [0.717, 1.165) is 12.1 Å². The number of rotatable bonds is 5. The van der Waals surface area contributed by atoms with Gasteiger partial charge >= 0.3 is 6.18 Å². The largest absolute Gasteiger partial charge is 0.416 e. The van der Waals surface area contributed by atoms with Crippen molar-refractivity contribution in [3.63, 3.8) is 0 Å². The van der Waals surface area contributed by atoms with Gasteiger partial charge in [0.2, 0.25) is 11.8 Å². The standard InChI is InChI=1S/C19H23F3N2O3/c1-23(2)16(25)9-10-17(26)24-11-3-4-14(12-24)18(27)13-5-7-15(8-6-13)19(20,21)22/h5-8,14H,3-4,9-12H2,1-2H3/t14-/m0/s1. The van der Waals surface area contributed by atoms with E-state index in [1.165, 1.54) is 17.0 Å². The van der Waals surface area contributed by atoms with E-state index in [-0.39, 0.29) is 42.5 Å². The second kappa shape index (κ2) is 8.54. The van der Waals surface area contributed by atoms with E-state index < -0.39 is 17.7 Å². The van der Waals surface area contributed by atoms with Crippen LogP contribution in [0.1, 0.15) is 41.6 Å². The average molecular weight is 384 g/mol. The SMILES string of the molecule is CN(C)C(=O)CCC(=O)N1CCC[C@H](C(=O)c2ccc(C(F)(F)F)cc2)C1. The number of alkyl halides is 3. The number of carbonyl (C=O) groups is 3. The number of hydrogen-bond donors (Lipinski definition) is 0. The van der Waals surface area contributed by atoms with Gasteiger partial charge in [-0.15, -0.1) is 0 Å². The molecular formula is C19H23F3N2O3. The van der Waals surface area contributed by atoms with Crippen molar-refractivity contribution in [2.75, 3.05) is 27.2 Å². The molecule has 5 nitrogen and oxygen atoms in total. The van der Waals surface area contributed by atoms with Gasteiger partial charge in [0.15, 0.2) is 5.78 Å². The molecule has 1 aliphatic heterocycles. The van der Waals surface area contributed by atoms with Gasteiger partial charge in [0.25, 0.3) is 0 Å². The van der Waals surface area contributed by atoms with Crippen LogP contribution in [0.2, 0.25) is 0 Å². The Kier molecular flexibility index (Phi) is 6.62. The molecule has 0 radical (unpaired) electrons. The molecule has 0 spiro atoms. The summed E-state index contributed by atoms with van der Waals surface area (Å²) in [7, 11) is 3.24. The number of halogens is 3. The average Bonchev–Trinajstić information content (AvgIpc) is 2.64. The fourth-order valence-electron chi connectivity index (χ4n) is 3.07. The summed E-state index contributed by atoms with van der Waals surface area (Å²) in [5.74, 6) is -1.03. The van der Waals surface area contributed by atoms with E-state index in [1.807, 2.05) is 0 Å². The second-order valence-electron chi connectivity index (χ2n) is 6.91. The summed E-state index contributed by atoms with van der Waals surface area (Å²) in [6, 6.07) is 4.15. The third kappa shape index (κ3) is 5.55. The van der Waals surface area contributed by atoms with Crippen LogP contribution >= 0.6 is 0 Å². The maximum absolute atomic E-state index is 12.6. The van der Waals surface area contributed by atoms with Gasteiger partial charge in [-0.1, -0.05) is 12.1 Å². The first-order valence-electron chi connectivity index (χ1n) is 8.79. The Labute approximate surface area is 156 Å². The minimum atomic E-state index is -4.44. The smallest absolute Gasteiger partial charge is 0.349 e. The zero-order valence-corrected chi connectivity index (χ0v) is 15.4. The highest BCUT2D eigenvalue weighted by Crippen LogP contribution is 2.30. The fraction of sp³-hybridized carbons (Fsp3) is 0.526. The first kappa shape index (κ1) is 20.9. The van der Waals surface area contributed by atoms with Crippen molar-refractivity contribution in [3.8, 4) is 0 Å². The van der Waals surface area contributed by atoms with Crippen LogP contribution in [0.5, 0.6) is 0 Å². The first-order valence-corrected chi connectivity index (χ1v) is 8.79. The lowest BCUT2D eigenvalue weighted by atomic mass is 9.89. The molecule has 0 aromatic heterocycles. The lowest BCUT2D eigenvalue weighted by Crippen LogP contribution is -2.42. The molecule has 0 bridgehead atoms. The molecule has 1 aromatic carbocycles. The molecule has 0 aliphatic carbocycles. The number of likely N-dealkylation sites (tertiary alicyclic amines) is 1. The molecule has 0 saturated carbocycles. The van der Waals surface area contributed by atoms with Crippen LogP contribution in [0.4, 0.5) is 13.2 Å². The van der Waals surface area contributed by atoms with Gasteiger partial charge in [0, 0.05) is 51.5 Å². The van der Waals surface area contributed by atoms with Crippen LogP contribution < -0.4 is 0 Å². The topological polar surface area (TPSA) is 57.7 Å². The van der Waals surface area contributed by atoms with Gasteiger partial charge in [0.05, 0.1) is 5.56 Å². The van der Waals surface area contributed by atoms with Crippen LogP contribution in [-0.2, 0) is 15.8 Å². The van der Waals surface area contributed by atoms with Crippen LogP contribution in [0, 0.1) is 5.92 Å². The Balaban J connectivity index is 1.97. The molecule has 2 rings (SSSR count). The lowest BCUT2D eigenvalue weighted by molar-refractivity contribution is -0.137. The molecule has 1 aliphatic rings. The molecule has 27 heavy (non-hydrogen) atoms. The van der Waals surface area contributed by atoms with Gasteiger partial charge in [-0.3, -0.25) is 14.4 Å². The zero-order valence-electron chi connectivity index (χ0n) is 15.4. The first-order chi connectivity index (χ1) is 12.6. The number of ketones is 1. The van der Waals surface area contributed by atoms with E-state index in [1.54, 1.807) is 19.0 Å². The summed E-state index contributed by atoms with van der Waals surface area (Å²) in [5.41, 5.74) is -0.588. The summed E-state index contributed by atoms with van der Waals surface area (Å²) in [6.45, 7) is 0.751. The van der Waals surface area contributed by atoms with Crippen LogP contribution in [0.3, 0.4) is 0 Å². The van der Waals surface area contributed by atoms with Crippen molar-refractivity contribution < 1.29 is 27.6 Å².